The molecule has 33 heavy (non-hydrogen) atoms. The molecule has 0 saturated carbocycles. The topological polar surface area (TPSA) is 93.7 Å². The molecular formula is C25H28N2O5S. The van der Waals surface area contributed by atoms with Crippen LogP contribution < -0.4 is 10.6 Å². The lowest BCUT2D eigenvalue weighted by Crippen LogP contribution is -2.60. The van der Waals surface area contributed by atoms with Crippen molar-refractivity contribution in [1.29, 1.82) is 0 Å². The van der Waals surface area contributed by atoms with Crippen molar-refractivity contribution in [3.8, 4) is 11.1 Å². The van der Waals surface area contributed by atoms with Gasteiger partial charge in [-0.2, -0.15) is 11.8 Å². The molecule has 2 aromatic carbocycles. The number of fused-ring (bicyclic) bond motifs is 3. The van der Waals surface area contributed by atoms with Crippen LogP contribution in [0.1, 0.15) is 36.8 Å². The summed E-state index contributed by atoms with van der Waals surface area (Å²) in [7, 11) is 1.32. The second-order valence-corrected chi connectivity index (χ2v) is 9.59. The Bertz CT molecular complexity index is 1010. The first kappa shape index (κ1) is 23.2. The fourth-order valence-corrected chi connectivity index (χ4v) is 5.71. The molecule has 2 aromatic rings. The molecule has 2 aliphatic rings. The highest BCUT2D eigenvalue weighted by molar-refractivity contribution is 7.99. The maximum absolute atomic E-state index is 12.8. The van der Waals surface area contributed by atoms with Gasteiger partial charge in [0, 0.05) is 5.92 Å². The second kappa shape index (κ2) is 9.87. The number of thioether (sulfide) groups is 1. The molecule has 2 amide bonds. The number of esters is 1. The van der Waals surface area contributed by atoms with Crippen molar-refractivity contribution >= 4 is 29.7 Å². The van der Waals surface area contributed by atoms with E-state index >= 15 is 0 Å². The molecule has 2 N–H and O–H groups in total. The van der Waals surface area contributed by atoms with Gasteiger partial charge < -0.3 is 20.1 Å². The molecule has 1 heterocycles. The molecule has 0 aromatic heterocycles. The highest BCUT2D eigenvalue weighted by atomic mass is 32.2. The van der Waals surface area contributed by atoms with Crippen LogP contribution in [0.3, 0.4) is 0 Å². The van der Waals surface area contributed by atoms with Crippen LogP contribution in [0.4, 0.5) is 4.79 Å². The number of methoxy groups -OCH3 is 1. The van der Waals surface area contributed by atoms with Gasteiger partial charge in [0.15, 0.2) is 0 Å². The van der Waals surface area contributed by atoms with Gasteiger partial charge in [0.1, 0.15) is 18.2 Å². The molecule has 0 bridgehead atoms. The number of carbonyl (C=O) groups is 3. The summed E-state index contributed by atoms with van der Waals surface area (Å²) in [5, 5.41) is 5.40. The number of rotatable bonds is 6. The van der Waals surface area contributed by atoms with Crippen molar-refractivity contribution in [3.05, 3.63) is 59.7 Å². The van der Waals surface area contributed by atoms with Gasteiger partial charge in [0.05, 0.1) is 7.11 Å². The molecule has 8 heteroatoms. The first-order chi connectivity index (χ1) is 15.9. The highest BCUT2D eigenvalue weighted by Crippen LogP contribution is 2.44. The van der Waals surface area contributed by atoms with E-state index in [2.05, 4.69) is 22.8 Å². The molecule has 1 aliphatic carbocycles. The van der Waals surface area contributed by atoms with Crippen LogP contribution in [-0.4, -0.2) is 54.8 Å². The third-order valence-electron chi connectivity index (χ3n) is 6.36. The number of hydrogen-bond acceptors (Lipinski definition) is 6. The van der Waals surface area contributed by atoms with E-state index in [1.54, 1.807) is 18.7 Å². The van der Waals surface area contributed by atoms with Crippen LogP contribution in [0, 0.1) is 0 Å². The van der Waals surface area contributed by atoms with Gasteiger partial charge in [-0.1, -0.05) is 48.5 Å². The van der Waals surface area contributed by atoms with E-state index in [-0.39, 0.29) is 12.5 Å². The lowest BCUT2D eigenvalue weighted by molar-refractivity contribution is -0.151. The lowest BCUT2D eigenvalue weighted by atomic mass is 9.91. The van der Waals surface area contributed by atoms with E-state index in [1.165, 1.54) is 7.11 Å². The van der Waals surface area contributed by atoms with Gasteiger partial charge in [-0.15, -0.1) is 0 Å². The number of nitrogens with one attached hydrogen (secondary N) is 2. The molecule has 1 aliphatic heterocycles. The molecule has 1 fully saturated rings. The van der Waals surface area contributed by atoms with Crippen molar-refractivity contribution in [2.75, 3.05) is 25.2 Å². The maximum atomic E-state index is 12.8. The van der Waals surface area contributed by atoms with Gasteiger partial charge in [-0.3, -0.25) is 4.79 Å². The Morgan fingerprint density at radius 1 is 1.03 bits per heavy atom. The van der Waals surface area contributed by atoms with E-state index in [0.717, 1.165) is 33.8 Å². The van der Waals surface area contributed by atoms with E-state index in [0.29, 0.717) is 12.8 Å². The SMILES string of the molecule is COC(=O)C1(NC(=O)[C@@H](C)NC(=O)OCC2c3ccccc3-c3ccccc32)CCSCC1. The summed E-state index contributed by atoms with van der Waals surface area (Å²) in [5.74, 6) is 0.549. The largest absolute Gasteiger partial charge is 0.467 e. The predicted molar refractivity (Wildman–Crippen MR) is 127 cm³/mol. The van der Waals surface area contributed by atoms with Crippen LogP contribution in [0.2, 0.25) is 0 Å². The number of alkyl carbamates (subject to hydrolysis) is 1. The van der Waals surface area contributed by atoms with Gasteiger partial charge in [0.2, 0.25) is 5.91 Å². The smallest absolute Gasteiger partial charge is 0.407 e. The van der Waals surface area contributed by atoms with Crippen molar-refractivity contribution in [1.82, 2.24) is 10.6 Å². The number of ether oxygens (including phenoxy) is 2. The predicted octanol–water partition coefficient (Wildman–Crippen LogP) is 3.47. The fourth-order valence-electron chi connectivity index (χ4n) is 4.52. The molecule has 1 saturated heterocycles. The Balaban J connectivity index is 1.36. The third kappa shape index (κ3) is 4.71. The van der Waals surface area contributed by atoms with E-state index in [1.807, 2.05) is 36.4 Å². The standard InChI is InChI=1S/C25H28N2O5S/c1-16(22(28)27-25(23(29)31-2)11-13-33-14-12-25)26-24(30)32-15-21-19-9-5-3-7-17(19)18-8-4-6-10-20(18)21/h3-10,16,21H,11-15H2,1-2H3,(H,26,30)(H,27,28)/t16-/m1/s1. The first-order valence-electron chi connectivity index (χ1n) is 11.0. The third-order valence-corrected chi connectivity index (χ3v) is 7.34. The van der Waals surface area contributed by atoms with Crippen molar-refractivity contribution < 1.29 is 23.9 Å². The second-order valence-electron chi connectivity index (χ2n) is 8.37. The number of hydrogen-bond donors (Lipinski definition) is 2. The Labute approximate surface area is 197 Å². The van der Waals surface area contributed by atoms with Crippen LogP contribution in [-0.2, 0) is 19.1 Å². The molecule has 0 unspecified atom stereocenters. The molecule has 4 rings (SSSR count). The van der Waals surface area contributed by atoms with Crippen molar-refractivity contribution in [2.45, 2.75) is 37.3 Å². The van der Waals surface area contributed by atoms with Crippen LogP contribution >= 0.6 is 11.8 Å². The lowest BCUT2D eigenvalue weighted by Gasteiger charge is -2.35. The van der Waals surface area contributed by atoms with E-state index in [9.17, 15) is 14.4 Å². The zero-order valence-electron chi connectivity index (χ0n) is 18.8. The quantitative estimate of drug-likeness (QED) is 0.631. The summed E-state index contributed by atoms with van der Waals surface area (Å²) in [6, 6.07) is 15.3. The van der Waals surface area contributed by atoms with Crippen molar-refractivity contribution in [2.24, 2.45) is 0 Å². The molecule has 0 radical (unpaired) electrons. The average molecular weight is 469 g/mol. The molecule has 174 valence electrons. The van der Waals surface area contributed by atoms with Gasteiger partial charge in [0.25, 0.3) is 0 Å². The normalized spacial score (nSPS) is 17.3. The summed E-state index contributed by atoms with van der Waals surface area (Å²) in [6.45, 7) is 1.73. The van der Waals surface area contributed by atoms with Gasteiger partial charge >= 0.3 is 12.1 Å². The molecular weight excluding hydrogens is 440 g/mol. The zero-order chi connectivity index (χ0) is 23.4. The Morgan fingerprint density at radius 2 is 1.61 bits per heavy atom. The van der Waals surface area contributed by atoms with Crippen molar-refractivity contribution in [3.63, 3.8) is 0 Å². The number of carbonyl (C=O) groups excluding carboxylic acids is 3. The molecule has 7 nitrogen and oxygen atoms in total. The number of benzene rings is 2. The summed E-state index contributed by atoms with van der Waals surface area (Å²) in [6.07, 6.45) is 0.312. The Kier molecular flexibility index (Phi) is 6.93. The Hall–Kier alpha value is -3.00. The Morgan fingerprint density at radius 3 is 2.18 bits per heavy atom. The van der Waals surface area contributed by atoms with Crippen LogP contribution in [0.5, 0.6) is 0 Å². The highest BCUT2D eigenvalue weighted by Gasteiger charge is 2.43. The summed E-state index contributed by atoms with van der Waals surface area (Å²) >= 11 is 1.73. The summed E-state index contributed by atoms with van der Waals surface area (Å²) in [4.78, 5) is 37.6. The van der Waals surface area contributed by atoms with E-state index < -0.39 is 29.6 Å². The van der Waals surface area contributed by atoms with Crippen LogP contribution in [0.15, 0.2) is 48.5 Å². The summed E-state index contributed by atoms with van der Waals surface area (Å²) < 4.78 is 10.5. The fraction of sp³-hybridized carbons (Fsp3) is 0.400. The average Bonchev–Trinajstić information content (AvgIpc) is 3.16. The minimum atomic E-state index is -1.05. The maximum Gasteiger partial charge on any atom is 0.407 e. The monoisotopic (exact) mass is 468 g/mol. The minimum Gasteiger partial charge on any atom is -0.467 e. The number of amides is 2. The van der Waals surface area contributed by atoms with Crippen LogP contribution in [0.25, 0.3) is 11.1 Å². The molecule has 0 spiro atoms. The first-order valence-corrected chi connectivity index (χ1v) is 12.2. The summed E-state index contributed by atoms with van der Waals surface area (Å²) in [5.41, 5.74) is 3.48. The van der Waals surface area contributed by atoms with Gasteiger partial charge in [-0.25, -0.2) is 9.59 Å². The molecule has 1 atom stereocenters. The van der Waals surface area contributed by atoms with E-state index in [4.69, 9.17) is 9.47 Å². The van der Waals surface area contributed by atoms with Gasteiger partial charge in [-0.05, 0) is 53.5 Å². The zero-order valence-corrected chi connectivity index (χ0v) is 19.6. The minimum absolute atomic E-state index is 0.0605.